The van der Waals surface area contributed by atoms with E-state index in [0.717, 1.165) is 10.9 Å². The maximum absolute atomic E-state index is 12.8. The van der Waals surface area contributed by atoms with E-state index in [1.165, 1.54) is 10.9 Å². The summed E-state index contributed by atoms with van der Waals surface area (Å²) in [5, 5.41) is 7.79. The topological polar surface area (TPSA) is 113 Å². The third-order valence-electron chi connectivity index (χ3n) is 5.48. The summed E-state index contributed by atoms with van der Waals surface area (Å²) in [6.07, 6.45) is 1.38. The van der Waals surface area contributed by atoms with E-state index in [-0.39, 0.29) is 30.5 Å². The number of aromatic amines is 1. The van der Waals surface area contributed by atoms with Gasteiger partial charge in [-0.2, -0.15) is 5.10 Å². The first kappa shape index (κ1) is 21.6. The summed E-state index contributed by atoms with van der Waals surface area (Å²) < 4.78 is 6.44. The largest absolute Gasteiger partial charge is 0.462 e. The van der Waals surface area contributed by atoms with Crippen LogP contribution in [0.15, 0.2) is 36.5 Å². The smallest absolute Gasteiger partial charge is 0.343 e. The molecule has 0 unspecified atom stereocenters. The number of amides is 2. The van der Waals surface area contributed by atoms with Crippen LogP contribution in [0.1, 0.15) is 27.8 Å². The molecule has 168 valence electrons. The number of fused-ring (bicyclic) bond motifs is 1. The number of carbonyl (C=O) groups is 3. The summed E-state index contributed by atoms with van der Waals surface area (Å²) in [5.74, 6) is -0.519. The molecule has 1 aromatic carbocycles. The van der Waals surface area contributed by atoms with Crippen LogP contribution in [0.4, 0.5) is 5.82 Å². The number of para-hydroxylation sites is 1. The number of aromatic nitrogens is 3. The quantitative estimate of drug-likeness (QED) is 0.564. The van der Waals surface area contributed by atoms with Crippen molar-refractivity contribution in [2.24, 2.45) is 7.05 Å². The van der Waals surface area contributed by atoms with Crippen molar-refractivity contribution in [2.45, 2.75) is 6.92 Å². The number of aryl methyl sites for hydroxylation is 1. The Morgan fingerprint density at radius 1 is 1.16 bits per heavy atom. The van der Waals surface area contributed by atoms with Crippen molar-refractivity contribution < 1.29 is 19.1 Å². The first-order chi connectivity index (χ1) is 15.5. The Morgan fingerprint density at radius 3 is 2.62 bits per heavy atom. The van der Waals surface area contributed by atoms with Crippen LogP contribution >= 0.6 is 0 Å². The van der Waals surface area contributed by atoms with Crippen LogP contribution in [0.25, 0.3) is 10.9 Å². The number of ether oxygens (including phenoxy) is 1. The second-order valence-electron chi connectivity index (χ2n) is 7.64. The van der Waals surface area contributed by atoms with Crippen LogP contribution in [0.3, 0.4) is 0 Å². The molecule has 3 aromatic rings. The van der Waals surface area contributed by atoms with E-state index in [9.17, 15) is 14.4 Å². The SMILES string of the molecule is CCOC(=O)c1cnn(C)c1NC(=O)CN1CCN(C(=O)c2cc3ccccc3[nH]2)CC1. The number of esters is 1. The molecule has 32 heavy (non-hydrogen) atoms. The van der Waals surface area contributed by atoms with Gasteiger partial charge < -0.3 is 19.9 Å². The molecule has 1 aliphatic rings. The Labute approximate surface area is 185 Å². The van der Waals surface area contributed by atoms with Gasteiger partial charge in [-0.25, -0.2) is 4.79 Å². The lowest BCUT2D eigenvalue weighted by atomic mass is 10.2. The van der Waals surface area contributed by atoms with Gasteiger partial charge in [-0.05, 0) is 19.1 Å². The fourth-order valence-electron chi connectivity index (χ4n) is 3.79. The van der Waals surface area contributed by atoms with Crippen molar-refractivity contribution in [3.8, 4) is 0 Å². The lowest BCUT2D eigenvalue weighted by molar-refractivity contribution is -0.117. The summed E-state index contributed by atoms with van der Waals surface area (Å²) >= 11 is 0. The van der Waals surface area contributed by atoms with Crippen LogP contribution in [0.5, 0.6) is 0 Å². The highest BCUT2D eigenvalue weighted by Gasteiger charge is 2.25. The van der Waals surface area contributed by atoms with Gasteiger partial charge in [0.1, 0.15) is 17.1 Å². The minimum Gasteiger partial charge on any atom is -0.462 e. The molecule has 2 amide bonds. The Bertz CT molecular complexity index is 1110. The number of benzene rings is 1. The van der Waals surface area contributed by atoms with Gasteiger partial charge in [0.05, 0.1) is 19.3 Å². The number of rotatable bonds is 6. The van der Waals surface area contributed by atoms with Crippen LogP contribution in [0.2, 0.25) is 0 Å². The summed E-state index contributed by atoms with van der Waals surface area (Å²) in [6.45, 7) is 4.33. The van der Waals surface area contributed by atoms with Crippen molar-refractivity contribution in [1.82, 2.24) is 24.6 Å². The molecule has 0 bridgehead atoms. The van der Waals surface area contributed by atoms with E-state index in [4.69, 9.17) is 4.74 Å². The van der Waals surface area contributed by atoms with E-state index >= 15 is 0 Å². The van der Waals surface area contributed by atoms with Gasteiger partial charge in [0.25, 0.3) is 5.91 Å². The second kappa shape index (κ2) is 9.23. The molecule has 3 heterocycles. The lowest BCUT2D eigenvalue weighted by Crippen LogP contribution is -2.50. The van der Waals surface area contributed by atoms with E-state index in [0.29, 0.717) is 37.7 Å². The number of H-pyrrole nitrogens is 1. The molecule has 10 heteroatoms. The molecule has 1 fully saturated rings. The summed E-state index contributed by atoms with van der Waals surface area (Å²) in [6, 6.07) is 9.65. The third kappa shape index (κ3) is 4.50. The molecule has 2 aromatic heterocycles. The molecule has 10 nitrogen and oxygen atoms in total. The second-order valence-corrected chi connectivity index (χ2v) is 7.64. The van der Waals surface area contributed by atoms with Crippen molar-refractivity contribution in [3.05, 3.63) is 47.8 Å². The van der Waals surface area contributed by atoms with Gasteiger partial charge in [0.15, 0.2) is 0 Å². The van der Waals surface area contributed by atoms with E-state index in [2.05, 4.69) is 15.4 Å². The number of hydrogen-bond donors (Lipinski definition) is 2. The summed E-state index contributed by atoms with van der Waals surface area (Å²) in [4.78, 5) is 44.4. The van der Waals surface area contributed by atoms with Gasteiger partial charge in [-0.1, -0.05) is 18.2 Å². The highest BCUT2D eigenvalue weighted by Crippen LogP contribution is 2.18. The van der Waals surface area contributed by atoms with E-state index < -0.39 is 5.97 Å². The molecule has 1 aliphatic heterocycles. The van der Waals surface area contributed by atoms with Crippen LogP contribution in [-0.4, -0.2) is 81.7 Å². The summed E-state index contributed by atoms with van der Waals surface area (Å²) in [7, 11) is 1.65. The van der Waals surface area contributed by atoms with Crippen LogP contribution in [-0.2, 0) is 16.6 Å². The average molecular weight is 438 g/mol. The van der Waals surface area contributed by atoms with Crippen molar-refractivity contribution in [1.29, 1.82) is 0 Å². The number of nitrogens with one attached hydrogen (secondary N) is 2. The zero-order valence-electron chi connectivity index (χ0n) is 18.1. The predicted molar refractivity (Wildman–Crippen MR) is 118 cm³/mol. The monoisotopic (exact) mass is 438 g/mol. The lowest BCUT2D eigenvalue weighted by Gasteiger charge is -2.34. The molecule has 2 N–H and O–H groups in total. The first-order valence-corrected chi connectivity index (χ1v) is 10.5. The molecule has 4 rings (SSSR count). The molecule has 0 atom stereocenters. The number of nitrogens with zero attached hydrogens (tertiary/aromatic N) is 4. The average Bonchev–Trinajstić information content (AvgIpc) is 3.38. The van der Waals surface area contributed by atoms with Crippen LogP contribution < -0.4 is 5.32 Å². The van der Waals surface area contributed by atoms with E-state index in [1.54, 1.807) is 18.9 Å². The van der Waals surface area contributed by atoms with Crippen molar-refractivity contribution >= 4 is 34.5 Å². The maximum atomic E-state index is 12.8. The maximum Gasteiger partial charge on any atom is 0.343 e. The Morgan fingerprint density at radius 2 is 1.91 bits per heavy atom. The normalized spacial score (nSPS) is 14.5. The highest BCUT2D eigenvalue weighted by molar-refractivity contribution is 6.01. The fourth-order valence-corrected chi connectivity index (χ4v) is 3.79. The third-order valence-corrected chi connectivity index (χ3v) is 5.48. The molecular formula is C22H26N6O4. The highest BCUT2D eigenvalue weighted by atomic mass is 16.5. The van der Waals surface area contributed by atoms with E-state index in [1.807, 2.05) is 35.2 Å². The number of hydrogen-bond acceptors (Lipinski definition) is 6. The van der Waals surface area contributed by atoms with Crippen molar-refractivity contribution in [2.75, 3.05) is 44.6 Å². The Hall–Kier alpha value is -3.66. The van der Waals surface area contributed by atoms with Gasteiger partial charge in [-0.3, -0.25) is 19.2 Å². The number of piperazine rings is 1. The standard InChI is InChI=1S/C22H26N6O4/c1-3-32-22(31)16-13-23-26(2)20(16)25-19(29)14-27-8-10-28(11-9-27)21(30)18-12-15-6-4-5-7-17(15)24-18/h4-7,12-13,24H,3,8-11,14H2,1-2H3,(H,25,29). The molecular weight excluding hydrogens is 412 g/mol. The zero-order chi connectivity index (χ0) is 22.7. The number of carbonyl (C=O) groups excluding carboxylic acids is 3. The first-order valence-electron chi connectivity index (χ1n) is 10.5. The Balaban J connectivity index is 1.31. The molecule has 0 spiro atoms. The number of anilines is 1. The van der Waals surface area contributed by atoms with Gasteiger partial charge in [0.2, 0.25) is 5.91 Å². The van der Waals surface area contributed by atoms with Gasteiger partial charge in [-0.15, -0.1) is 0 Å². The van der Waals surface area contributed by atoms with Gasteiger partial charge >= 0.3 is 5.97 Å². The van der Waals surface area contributed by atoms with Crippen molar-refractivity contribution in [3.63, 3.8) is 0 Å². The summed E-state index contributed by atoms with van der Waals surface area (Å²) in [5.41, 5.74) is 1.72. The molecule has 0 radical (unpaired) electrons. The minimum absolute atomic E-state index is 0.0423. The molecule has 0 aliphatic carbocycles. The van der Waals surface area contributed by atoms with Gasteiger partial charge in [0, 0.05) is 44.1 Å². The zero-order valence-corrected chi connectivity index (χ0v) is 18.1. The predicted octanol–water partition coefficient (Wildman–Crippen LogP) is 1.47. The fraction of sp³-hybridized carbons (Fsp3) is 0.364. The molecule has 1 saturated heterocycles. The molecule has 0 saturated carbocycles. The van der Waals surface area contributed by atoms with Crippen LogP contribution in [0, 0.1) is 0 Å². The Kier molecular flexibility index (Phi) is 6.22. The minimum atomic E-state index is -0.528.